The molecule has 0 aliphatic heterocycles. The van der Waals surface area contributed by atoms with Crippen LogP contribution in [-0.2, 0) is 26.2 Å². The fourth-order valence-electron chi connectivity index (χ4n) is 0.478. The number of benzene rings is 1. The van der Waals surface area contributed by atoms with Crippen molar-refractivity contribution in [2.24, 2.45) is 0 Å². The van der Waals surface area contributed by atoms with Crippen LogP contribution in [0.4, 0.5) is 0 Å². The van der Waals surface area contributed by atoms with E-state index in [0.29, 0.717) is 0 Å². The second-order valence-corrected chi connectivity index (χ2v) is 5.99. The van der Waals surface area contributed by atoms with E-state index in [9.17, 15) is 0 Å². The standard InChI is InChI=1S/C7H7.C3H9Si.Zr/c1-7-5-3-2-4-6-7;1-4(2)3;/h2-6H,1H2;1-3H3;/q-1;;. The third kappa shape index (κ3) is 12.8. The second kappa shape index (κ2) is 9.28. The Bertz CT molecular complexity index is 170. The molecule has 0 N–H and O–H groups in total. The van der Waals surface area contributed by atoms with Crippen LogP contribution in [0.3, 0.4) is 0 Å². The molecule has 0 fully saturated rings. The smallest absolute Gasteiger partial charge is 0.0379 e. The first-order chi connectivity index (χ1) is 5.13. The van der Waals surface area contributed by atoms with Crippen molar-refractivity contribution in [1.29, 1.82) is 0 Å². The predicted octanol–water partition coefficient (Wildman–Crippen LogP) is 3.24. The summed E-state index contributed by atoms with van der Waals surface area (Å²) in [5.41, 5.74) is 1.07. The molecule has 0 spiro atoms. The van der Waals surface area contributed by atoms with Crippen molar-refractivity contribution in [2.75, 3.05) is 0 Å². The van der Waals surface area contributed by atoms with Crippen LogP contribution in [0.5, 0.6) is 0 Å². The van der Waals surface area contributed by atoms with E-state index in [4.69, 9.17) is 0 Å². The molecule has 0 aliphatic carbocycles. The van der Waals surface area contributed by atoms with Crippen LogP contribution < -0.4 is 0 Å². The van der Waals surface area contributed by atoms with Crippen molar-refractivity contribution in [3.05, 3.63) is 42.8 Å². The van der Waals surface area contributed by atoms with Gasteiger partial charge in [-0.15, -0.1) is 12.1 Å². The summed E-state index contributed by atoms with van der Waals surface area (Å²) < 4.78 is 0. The Morgan fingerprint density at radius 3 is 1.50 bits per heavy atom. The molecule has 0 aromatic heterocycles. The van der Waals surface area contributed by atoms with Gasteiger partial charge < -0.3 is 0 Å². The summed E-state index contributed by atoms with van der Waals surface area (Å²) in [5, 5.41) is 0. The van der Waals surface area contributed by atoms with Gasteiger partial charge in [0.05, 0.1) is 0 Å². The molecule has 65 valence electrons. The minimum atomic E-state index is 0. The topological polar surface area (TPSA) is 0 Å². The number of hydrogen-bond donors (Lipinski definition) is 0. The first-order valence-corrected chi connectivity index (χ1v) is 6.76. The second-order valence-electron chi connectivity index (χ2n) is 2.99. The van der Waals surface area contributed by atoms with E-state index in [-0.39, 0.29) is 35.0 Å². The summed E-state index contributed by atoms with van der Waals surface area (Å²) in [6.45, 7) is 10.5. The SMILES string of the molecule is C[Si](C)C.[CH2-]c1ccccc1.[Zr]. The van der Waals surface area contributed by atoms with Crippen LogP contribution in [-0.4, -0.2) is 8.80 Å². The van der Waals surface area contributed by atoms with Gasteiger partial charge in [0, 0.05) is 35.0 Å². The van der Waals surface area contributed by atoms with Crippen molar-refractivity contribution < 1.29 is 26.2 Å². The van der Waals surface area contributed by atoms with Crippen molar-refractivity contribution in [2.45, 2.75) is 19.6 Å². The predicted molar refractivity (Wildman–Crippen MR) is 54.2 cm³/mol. The van der Waals surface area contributed by atoms with E-state index in [0.717, 1.165) is 5.56 Å². The largest absolute Gasteiger partial charge is 0.199 e. The van der Waals surface area contributed by atoms with Gasteiger partial charge in [-0.25, -0.2) is 0 Å². The molecular weight excluding hydrogens is 239 g/mol. The Labute approximate surface area is 97.1 Å². The van der Waals surface area contributed by atoms with Gasteiger partial charge in [-0.2, -0.15) is 24.6 Å². The van der Waals surface area contributed by atoms with Gasteiger partial charge in [-0.05, 0) is 0 Å². The van der Waals surface area contributed by atoms with E-state index < -0.39 is 0 Å². The molecule has 0 amide bonds. The van der Waals surface area contributed by atoms with Crippen LogP contribution in [0, 0.1) is 6.92 Å². The summed E-state index contributed by atoms with van der Waals surface area (Å²) in [6.07, 6.45) is 0. The van der Waals surface area contributed by atoms with Gasteiger partial charge in [0.25, 0.3) is 0 Å². The van der Waals surface area contributed by atoms with Gasteiger partial charge in [-0.3, -0.25) is 0 Å². The van der Waals surface area contributed by atoms with E-state index in [1.165, 1.54) is 0 Å². The molecule has 0 heterocycles. The van der Waals surface area contributed by atoms with Gasteiger partial charge >= 0.3 is 0 Å². The molecule has 0 atom stereocenters. The Hall–Kier alpha value is 0.190. The average Bonchev–Trinajstić information content (AvgIpc) is 1.87. The van der Waals surface area contributed by atoms with Crippen LogP contribution in [0.25, 0.3) is 0 Å². The van der Waals surface area contributed by atoms with Crippen LogP contribution in [0.15, 0.2) is 30.3 Å². The third-order valence-electron chi connectivity index (χ3n) is 0.843. The molecule has 1 aromatic rings. The molecule has 2 heteroatoms. The van der Waals surface area contributed by atoms with Crippen molar-refractivity contribution >= 4 is 8.80 Å². The maximum atomic E-state index is 3.72. The maximum absolute atomic E-state index is 3.72. The Morgan fingerprint density at radius 2 is 1.33 bits per heavy atom. The Balaban J connectivity index is 0. The van der Waals surface area contributed by atoms with Crippen LogP contribution in [0.2, 0.25) is 19.6 Å². The first-order valence-electron chi connectivity index (χ1n) is 3.76. The third-order valence-corrected chi connectivity index (χ3v) is 0.843. The molecule has 1 aromatic carbocycles. The van der Waals surface area contributed by atoms with Gasteiger partial charge in [0.2, 0.25) is 0 Å². The molecule has 12 heavy (non-hydrogen) atoms. The Morgan fingerprint density at radius 1 is 1.00 bits per heavy atom. The molecule has 0 unspecified atom stereocenters. The summed E-state index contributed by atoms with van der Waals surface area (Å²) in [5.74, 6) is 0. The molecule has 0 saturated carbocycles. The van der Waals surface area contributed by atoms with Gasteiger partial charge in [-0.1, -0.05) is 25.7 Å². The van der Waals surface area contributed by atoms with E-state index >= 15 is 0 Å². The quantitative estimate of drug-likeness (QED) is 0.493. The zero-order valence-electron chi connectivity index (χ0n) is 8.09. The summed E-state index contributed by atoms with van der Waals surface area (Å²) in [7, 11) is 0.120. The monoisotopic (exact) mass is 254 g/mol. The molecule has 0 saturated heterocycles. The van der Waals surface area contributed by atoms with Crippen molar-refractivity contribution in [3.63, 3.8) is 0 Å². The van der Waals surface area contributed by atoms with E-state index in [2.05, 4.69) is 26.6 Å². The van der Waals surface area contributed by atoms with Crippen LogP contribution in [0.1, 0.15) is 5.56 Å². The molecule has 1 rings (SSSR count). The zero-order chi connectivity index (χ0) is 8.69. The average molecular weight is 256 g/mol. The van der Waals surface area contributed by atoms with Gasteiger partial charge in [0.15, 0.2) is 0 Å². The van der Waals surface area contributed by atoms with E-state index in [1.54, 1.807) is 0 Å². The van der Waals surface area contributed by atoms with Gasteiger partial charge in [0.1, 0.15) is 0 Å². The normalized spacial score (nSPS) is 8.00. The minimum absolute atomic E-state index is 0. The van der Waals surface area contributed by atoms with E-state index in [1.807, 2.05) is 30.3 Å². The molecule has 1 radical (unpaired) electrons. The zero-order valence-corrected chi connectivity index (χ0v) is 11.6. The van der Waals surface area contributed by atoms with Crippen LogP contribution >= 0.6 is 0 Å². The minimum Gasteiger partial charge on any atom is -0.199 e. The number of hydrogen-bond acceptors (Lipinski definition) is 0. The summed E-state index contributed by atoms with van der Waals surface area (Å²) in [4.78, 5) is 0. The molecular formula is C10H16SiZr-. The first kappa shape index (κ1) is 14.7. The molecule has 0 aliphatic rings. The fourth-order valence-corrected chi connectivity index (χ4v) is 0.478. The Kier molecular flexibility index (Phi) is 11.4. The van der Waals surface area contributed by atoms with Crippen molar-refractivity contribution in [1.82, 2.24) is 0 Å². The van der Waals surface area contributed by atoms with Crippen molar-refractivity contribution in [3.8, 4) is 0 Å². The summed E-state index contributed by atoms with van der Waals surface area (Å²) in [6, 6.07) is 9.87. The fraction of sp³-hybridized carbons (Fsp3) is 0.300. The molecule has 0 nitrogen and oxygen atoms in total. The summed E-state index contributed by atoms with van der Waals surface area (Å²) >= 11 is 0. The number of rotatable bonds is 0. The molecule has 0 bridgehead atoms. The maximum Gasteiger partial charge on any atom is 0.0379 e.